The third-order valence-electron chi connectivity index (χ3n) is 5.69. The van der Waals surface area contributed by atoms with E-state index in [1.165, 1.54) is 0 Å². The summed E-state index contributed by atoms with van der Waals surface area (Å²) in [6, 6.07) is 8.09. The number of nitrogens with zero attached hydrogens (tertiary/aromatic N) is 3. The molecule has 0 spiro atoms. The van der Waals surface area contributed by atoms with E-state index in [-0.39, 0.29) is 17.2 Å². The van der Waals surface area contributed by atoms with Crippen LogP contribution in [0.15, 0.2) is 41.7 Å². The number of carbonyl (C=O) groups is 1. The van der Waals surface area contributed by atoms with Crippen molar-refractivity contribution in [3.05, 3.63) is 52.8 Å². The van der Waals surface area contributed by atoms with Crippen molar-refractivity contribution in [1.29, 1.82) is 0 Å². The maximum atomic E-state index is 12.8. The predicted octanol–water partition coefficient (Wildman–Crippen LogP) is 2.36. The van der Waals surface area contributed by atoms with Crippen molar-refractivity contribution in [2.45, 2.75) is 50.4 Å². The van der Waals surface area contributed by atoms with Crippen LogP contribution in [0.1, 0.15) is 36.2 Å². The maximum absolute atomic E-state index is 12.8. The molecular weight excluding hydrogens is 330 g/mol. The molecule has 4 rings (SSSR count). The standard InChI is InChI=1S/C20H23N3O3/c1-3-10-23-17-7-5-4-6-16(17)19(24)18(21-23)20(25)26-15-11-13-8-9-14(12-15)22(13)2/h3-7,13-15H,1,8-12H2,2H3. The number of para-hydroxylation sites is 1. The molecule has 6 heteroatoms. The zero-order chi connectivity index (χ0) is 18.3. The Morgan fingerprint density at radius 2 is 2.00 bits per heavy atom. The number of rotatable bonds is 4. The molecule has 0 amide bonds. The number of piperidine rings is 1. The molecule has 1 aromatic carbocycles. The molecule has 2 aliphatic heterocycles. The highest BCUT2D eigenvalue weighted by Gasteiger charge is 2.40. The Morgan fingerprint density at radius 3 is 2.69 bits per heavy atom. The Hall–Kier alpha value is -2.47. The Labute approximate surface area is 152 Å². The van der Waals surface area contributed by atoms with Gasteiger partial charge in [-0.3, -0.25) is 9.48 Å². The second kappa shape index (κ2) is 6.68. The van der Waals surface area contributed by atoms with Crippen molar-refractivity contribution in [1.82, 2.24) is 14.7 Å². The summed E-state index contributed by atoms with van der Waals surface area (Å²) >= 11 is 0. The first kappa shape index (κ1) is 17.0. The van der Waals surface area contributed by atoms with Crippen LogP contribution in [0.3, 0.4) is 0 Å². The SMILES string of the molecule is C=CCn1nc(C(=O)OC2CC3CCC(C2)N3C)c(=O)c2ccccc21. The molecule has 6 nitrogen and oxygen atoms in total. The van der Waals surface area contributed by atoms with Gasteiger partial charge < -0.3 is 9.64 Å². The van der Waals surface area contributed by atoms with Crippen LogP contribution in [0.25, 0.3) is 10.9 Å². The first-order valence-corrected chi connectivity index (χ1v) is 9.12. The van der Waals surface area contributed by atoms with E-state index < -0.39 is 5.97 Å². The van der Waals surface area contributed by atoms with Gasteiger partial charge in [0.1, 0.15) is 6.10 Å². The van der Waals surface area contributed by atoms with Crippen LogP contribution in [-0.4, -0.2) is 45.9 Å². The van der Waals surface area contributed by atoms with Gasteiger partial charge in [-0.1, -0.05) is 18.2 Å². The molecule has 1 aromatic heterocycles. The van der Waals surface area contributed by atoms with E-state index in [9.17, 15) is 9.59 Å². The van der Waals surface area contributed by atoms with Crippen molar-refractivity contribution < 1.29 is 9.53 Å². The topological polar surface area (TPSA) is 64.4 Å². The van der Waals surface area contributed by atoms with E-state index in [1.54, 1.807) is 22.9 Å². The van der Waals surface area contributed by atoms with Gasteiger partial charge in [0.15, 0.2) is 0 Å². The highest BCUT2D eigenvalue weighted by molar-refractivity contribution is 5.91. The van der Waals surface area contributed by atoms with Gasteiger partial charge in [0.25, 0.3) is 0 Å². The van der Waals surface area contributed by atoms with Crippen LogP contribution in [-0.2, 0) is 11.3 Å². The third-order valence-corrected chi connectivity index (χ3v) is 5.69. The molecule has 2 aliphatic rings. The first-order valence-electron chi connectivity index (χ1n) is 9.12. The fraction of sp³-hybridized carbons (Fsp3) is 0.450. The summed E-state index contributed by atoms with van der Waals surface area (Å²) in [5.74, 6) is -0.618. The number of benzene rings is 1. The summed E-state index contributed by atoms with van der Waals surface area (Å²) in [6.45, 7) is 4.14. The number of allylic oxidation sites excluding steroid dienone is 1. The van der Waals surface area contributed by atoms with Gasteiger partial charge in [-0.2, -0.15) is 5.10 Å². The van der Waals surface area contributed by atoms with Crippen molar-refractivity contribution >= 4 is 16.9 Å². The molecule has 0 aliphatic carbocycles. The van der Waals surface area contributed by atoms with Crippen LogP contribution in [0.4, 0.5) is 0 Å². The average molecular weight is 353 g/mol. The maximum Gasteiger partial charge on any atom is 0.363 e. The quantitative estimate of drug-likeness (QED) is 0.624. The Kier molecular flexibility index (Phi) is 4.36. The van der Waals surface area contributed by atoms with Gasteiger partial charge in [-0.15, -0.1) is 6.58 Å². The summed E-state index contributed by atoms with van der Waals surface area (Å²) in [5, 5.41) is 4.74. The lowest BCUT2D eigenvalue weighted by Crippen LogP contribution is -2.43. The lowest BCUT2D eigenvalue weighted by Gasteiger charge is -2.35. The molecule has 2 aromatic rings. The summed E-state index contributed by atoms with van der Waals surface area (Å²) < 4.78 is 7.33. The lowest BCUT2D eigenvalue weighted by atomic mass is 10.0. The number of carbonyl (C=O) groups excluding carboxylic acids is 1. The van der Waals surface area contributed by atoms with Crippen molar-refractivity contribution in [3.63, 3.8) is 0 Å². The molecule has 2 atom stereocenters. The van der Waals surface area contributed by atoms with Gasteiger partial charge in [-0.25, -0.2) is 4.79 Å². The number of esters is 1. The Balaban J connectivity index is 1.64. The first-order chi connectivity index (χ1) is 12.6. The monoisotopic (exact) mass is 353 g/mol. The van der Waals surface area contributed by atoms with Gasteiger partial charge in [0.05, 0.1) is 12.1 Å². The third kappa shape index (κ3) is 2.84. The second-order valence-corrected chi connectivity index (χ2v) is 7.21. The second-order valence-electron chi connectivity index (χ2n) is 7.21. The Bertz CT molecular complexity index is 906. The molecule has 0 N–H and O–H groups in total. The minimum atomic E-state index is -0.618. The van der Waals surface area contributed by atoms with Crippen LogP contribution >= 0.6 is 0 Å². The highest BCUT2D eigenvalue weighted by Crippen LogP contribution is 2.35. The normalized spacial score (nSPS) is 25.3. The summed E-state index contributed by atoms with van der Waals surface area (Å²) in [7, 11) is 2.14. The zero-order valence-electron chi connectivity index (χ0n) is 14.9. The van der Waals surface area contributed by atoms with Crippen LogP contribution < -0.4 is 5.43 Å². The summed E-state index contributed by atoms with van der Waals surface area (Å²) in [6.07, 6.45) is 5.50. The van der Waals surface area contributed by atoms with E-state index in [0.717, 1.165) is 25.7 Å². The van der Waals surface area contributed by atoms with Gasteiger partial charge in [0, 0.05) is 30.3 Å². The van der Waals surface area contributed by atoms with E-state index in [1.807, 2.05) is 12.1 Å². The van der Waals surface area contributed by atoms with E-state index >= 15 is 0 Å². The number of aromatic nitrogens is 2. The highest BCUT2D eigenvalue weighted by atomic mass is 16.5. The summed E-state index contributed by atoms with van der Waals surface area (Å²) in [4.78, 5) is 27.8. The molecule has 2 bridgehead atoms. The fourth-order valence-corrected chi connectivity index (χ4v) is 4.30. The zero-order valence-corrected chi connectivity index (χ0v) is 14.9. The predicted molar refractivity (Wildman–Crippen MR) is 99.2 cm³/mol. The van der Waals surface area contributed by atoms with Crippen molar-refractivity contribution in [2.24, 2.45) is 0 Å². The van der Waals surface area contributed by atoms with Gasteiger partial charge >= 0.3 is 5.97 Å². The molecular formula is C20H23N3O3. The largest absolute Gasteiger partial charge is 0.457 e. The van der Waals surface area contributed by atoms with Crippen LogP contribution in [0.2, 0.25) is 0 Å². The Morgan fingerprint density at radius 1 is 1.31 bits per heavy atom. The fourth-order valence-electron chi connectivity index (χ4n) is 4.30. The van der Waals surface area contributed by atoms with E-state index in [4.69, 9.17) is 4.74 Å². The van der Waals surface area contributed by atoms with E-state index in [0.29, 0.717) is 29.5 Å². The van der Waals surface area contributed by atoms with Crippen LogP contribution in [0.5, 0.6) is 0 Å². The minimum absolute atomic E-state index is 0.142. The number of fused-ring (bicyclic) bond motifs is 3. The number of ether oxygens (including phenoxy) is 1. The molecule has 2 fully saturated rings. The number of hydrogen-bond donors (Lipinski definition) is 0. The van der Waals surface area contributed by atoms with E-state index in [2.05, 4.69) is 23.6 Å². The van der Waals surface area contributed by atoms with Crippen molar-refractivity contribution in [3.8, 4) is 0 Å². The smallest absolute Gasteiger partial charge is 0.363 e. The van der Waals surface area contributed by atoms with Crippen molar-refractivity contribution in [2.75, 3.05) is 7.05 Å². The molecule has 3 heterocycles. The molecule has 0 saturated carbocycles. The van der Waals surface area contributed by atoms with Gasteiger partial charge in [-0.05, 0) is 32.0 Å². The minimum Gasteiger partial charge on any atom is -0.457 e. The summed E-state index contributed by atoms with van der Waals surface area (Å²) in [5.41, 5.74) is 0.171. The average Bonchev–Trinajstić information content (AvgIpc) is 2.85. The molecule has 26 heavy (non-hydrogen) atoms. The molecule has 2 saturated heterocycles. The van der Waals surface area contributed by atoms with Gasteiger partial charge in [0.2, 0.25) is 11.1 Å². The van der Waals surface area contributed by atoms with Crippen LogP contribution in [0, 0.1) is 0 Å². The molecule has 2 unspecified atom stereocenters. The molecule has 136 valence electrons. The molecule has 0 radical (unpaired) electrons. The number of hydrogen-bond acceptors (Lipinski definition) is 5. The lowest BCUT2D eigenvalue weighted by molar-refractivity contribution is -0.00128.